The Kier molecular flexibility index (Phi) is 6.19. The SMILES string of the molecule is NCCc1nc(C(=O)NC2CC(=O)N(CCOc3ccccc3)C2)cs1. The van der Waals surface area contributed by atoms with Crippen molar-refractivity contribution in [3.8, 4) is 5.75 Å². The maximum absolute atomic E-state index is 12.3. The van der Waals surface area contributed by atoms with Crippen molar-refractivity contribution in [3.63, 3.8) is 0 Å². The first kappa shape index (κ1) is 18.3. The van der Waals surface area contributed by atoms with Gasteiger partial charge >= 0.3 is 0 Å². The number of nitrogens with two attached hydrogens (primary N) is 1. The molecule has 2 heterocycles. The third kappa shape index (κ3) is 4.80. The highest BCUT2D eigenvalue weighted by atomic mass is 32.1. The molecule has 138 valence electrons. The average Bonchev–Trinajstić information content (AvgIpc) is 3.23. The molecule has 1 fully saturated rings. The van der Waals surface area contributed by atoms with Gasteiger partial charge < -0.3 is 20.7 Å². The first-order chi connectivity index (χ1) is 12.7. The summed E-state index contributed by atoms with van der Waals surface area (Å²) in [5.74, 6) is 0.555. The number of aromatic nitrogens is 1. The Morgan fingerprint density at radius 3 is 2.96 bits per heavy atom. The highest BCUT2D eigenvalue weighted by molar-refractivity contribution is 7.09. The number of thiazole rings is 1. The fourth-order valence-electron chi connectivity index (χ4n) is 2.79. The molecule has 2 amide bonds. The number of carbonyl (C=O) groups excluding carboxylic acids is 2. The predicted octanol–water partition coefficient (Wildman–Crippen LogP) is 1.05. The Labute approximate surface area is 156 Å². The predicted molar refractivity (Wildman–Crippen MR) is 99.3 cm³/mol. The second-order valence-electron chi connectivity index (χ2n) is 6.04. The molecule has 26 heavy (non-hydrogen) atoms. The number of nitrogens with zero attached hydrogens (tertiary/aromatic N) is 2. The molecular formula is C18H22N4O3S. The van der Waals surface area contributed by atoms with Crippen LogP contribution >= 0.6 is 11.3 Å². The minimum absolute atomic E-state index is 0.0223. The molecule has 0 saturated carbocycles. The fourth-order valence-corrected chi connectivity index (χ4v) is 3.58. The molecule has 0 aliphatic carbocycles. The summed E-state index contributed by atoms with van der Waals surface area (Å²) in [5.41, 5.74) is 5.88. The van der Waals surface area contributed by atoms with Crippen LogP contribution in [-0.2, 0) is 11.2 Å². The van der Waals surface area contributed by atoms with Gasteiger partial charge in [-0.1, -0.05) is 18.2 Å². The van der Waals surface area contributed by atoms with E-state index in [1.807, 2.05) is 30.3 Å². The van der Waals surface area contributed by atoms with E-state index in [0.29, 0.717) is 44.8 Å². The van der Waals surface area contributed by atoms with E-state index in [2.05, 4.69) is 10.3 Å². The van der Waals surface area contributed by atoms with Gasteiger partial charge in [0.25, 0.3) is 5.91 Å². The first-order valence-electron chi connectivity index (χ1n) is 8.56. The van der Waals surface area contributed by atoms with E-state index >= 15 is 0 Å². The highest BCUT2D eigenvalue weighted by Gasteiger charge is 2.30. The Hall–Kier alpha value is -2.45. The number of amides is 2. The van der Waals surface area contributed by atoms with Crippen molar-refractivity contribution in [1.29, 1.82) is 0 Å². The van der Waals surface area contributed by atoms with Crippen molar-refractivity contribution in [2.75, 3.05) is 26.2 Å². The number of hydrogen-bond acceptors (Lipinski definition) is 6. The van der Waals surface area contributed by atoms with Gasteiger partial charge in [-0.3, -0.25) is 9.59 Å². The Bertz CT molecular complexity index is 750. The van der Waals surface area contributed by atoms with Crippen molar-refractivity contribution < 1.29 is 14.3 Å². The van der Waals surface area contributed by atoms with E-state index in [0.717, 1.165) is 10.8 Å². The van der Waals surface area contributed by atoms with Crippen molar-refractivity contribution in [1.82, 2.24) is 15.2 Å². The summed E-state index contributed by atoms with van der Waals surface area (Å²) in [5, 5.41) is 5.46. The fraction of sp³-hybridized carbons (Fsp3) is 0.389. The normalized spacial score (nSPS) is 16.7. The molecule has 0 bridgehead atoms. The number of carbonyl (C=O) groups is 2. The topological polar surface area (TPSA) is 97.5 Å². The Balaban J connectivity index is 1.45. The van der Waals surface area contributed by atoms with E-state index in [1.54, 1.807) is 10.3 Å². The van der Waals surface area contributed by atoms with Crippen LogP contribution in [0.4, 0.5) is 0 Å². The molecule has 8 heteroatoms. The molecule has 1 aromatic carbocycles. The lowest BCUT2D eigenvalue weighted by Crippen LogP contribution is -2.38. The van der Waals surface area contributed by atoms with Gasteiger partial charge in [-0.15, -0.1) is 11.3 Å². The van der Waals surface area contributed by atoms with E-state index in [1.165, 1.54) is 11.3 Å². The standard InChI is InChI=1S/C18H22N4O3S/c19-7-6-16-21-15(12-26-16)18(24)20-13-10-17(23)22(11-13)8-9-25-14-4-2-1-3-5-14/h1-5,12-13H,6-11,19H2,(H,20,24). The van der Waals surface area contributed by atoms with Crippen molar-refractivity contribution >= 4 is 23.2 Å². The molecule has 2 aromatic rings. The van der Waals surface area contributed by atoms with Crippen molar-refractivity contribution in [3.05, 3.63) is 46.4 Å². The monoisotopic (exact) mass is 374 g/mol. The van der Waals surface area contributed by atoms with E-state index in [-0.39, 0.29) is 17.9 Å². The zero-order chi connectivity index (χ0) is 18.4. The molecule has 1 unspecified atom stereocenters. The van der Waals surface area contributed by atoms with Crippen LogP contribution in [0.1, 0.15) is 21.9 Å². The van der Waals surface area contributed by atoms with E-state index in [9.17, 15) is 9.59 Å². The number of nitrogens with one attached hydrogen (secondary N) is 1. The van der Waals surface area contributed by atoms with Crippen LogP contribution in [0.25, 0.3) is 0 Å². The molecule has 1 atom stereocenters. The highest BCUT2D eigenvalue weighted by Crippen LogP contribution is 2.14. The molecule has 1 aromatic heterocycles. The smallest absolute Gasteiger partial charge is 0.271 e. The summed E-state index contributed by atoms with van der Waals surface area (Å²) < 4.78 is 5.63. The van der Waals surface area contributed by atoms with Crippen LogP contribution in [-0.4, -0.2) is 54.0 Å². The average molecular weight is 374 g/mol. The molecule has 1 aliphatic heterocycles. The van der Waals surface area contributed by atoms with E-state index < -0.39 is 0 Å². The van der Waals surface area contributed by atoms with Gasteiger partial charge in [0, 0.05) is 24.8 Å². The molecule has 7 nitrogen and oxygen atoms in total. The summed E-state index contributed by atoms with van der Waals surface area (Å²) >= 11 is 1.42. The zero-order valence-electron chi connectivity index (χ0n) is 14.4. The maximum Gasteiger partial charge on any atom is 0.271 e. The van der Waals surface area contributed by atoms with Gasteiger partial charge in [-0.05, 0) is 18.7 Å². The largest absolute Gasteiger partial charge is 0.492 e. The third-order valence-electron chi connectivity index (χ3n) is 4.07. The summed E-state index contributed by atoms with van der Waals surface area (Å²) in [4.78, 5) is 30.4. The van der Waals surface area contributed by atoms with Crippen LogP contribution < -0.4 is 15.8 Å². The third-order valence-corrected chi connectivity index (χ3v) is 4.97. The molecule has 0 spiro atoms. The first-order valence-corrected chi connectivity index (χ1v) is 9.44. The van der Waals surface area contributed by atoms with Crippen molar-refractivity contribution in [2.24, 2.45) is 5.73 Å². The zero-order valence-corrected chi connectivity index (χ0v) is 15.2. The number of benzene rings is 1. The summed E-state index contributed by atoms with van der Waals surface area (Å²) in [6.45, 7) is 1.91. The molecule has 1 saturated heterocycles. The minimum atomic E-state index is -0.246. The van der Waals surface area contributed by atoms with Gasteiger partial charge in [0.2, 0.25) is 5.91 Å². The van der Waals surface area contributed by atoms with Crippen LogP contribution in [0, 0.1) is 0 Å². The van der Waals surface area contributed by atoms with Gasteiger partial charge in [-0.25, -0.2) is 4.98 Å². The number of likely N-dealkylation sites (tertiary alicyclic amines) is 1. The number of ether oxygens (including phenoxy) is 1. The van der Waals surface area contributed by atoms with Gasteiger partial charge in [-0.2, -0.15) is 0 Å². The minimum Gasteiger partial charge on any atom is -0.492 e. The summed E-state index contributed by atoms with van der Waals surface area (Å²) in [6.07, 6.45) is 0.964. The second kappa shape index (κ2) is 8.77. The Morgan fingerprint density at radius 1 is 1.38 bits per heavy atom. The van der Waals surface area contributed by atoms with Crippen LogP contribution in [0.5, 0.6) is 5.75 Å². The molecular weight excluding hydrogens is 352 g/mol. The lowest BCUT2D eigenvalue weighted by Gasteiger charge is -2.17. The number of para-hydroxylation sites is 1. The van der Waals surface area contributed by atoms with Gasteiger partial charge in [0.15, 0.2) is 0 Å². The van der Waals surface area contributed by atoms with Gasteiger partial charge in [0.1, 0.15) is 18.1 Å². The summed E-state index contributed by atoms with van der Waals surface area (Å²) in [6, 6.07) is 9.28. The quantitative estimate of drug-likeness (QED) is 0.720. The lowest BCUT2D eigenvalue weighted by molar-refractivity contribution is -0.128. The lowest BCUT2D eigenvalue weighted by atomic mass is 10.2. The number of rotatable bonds is 8. The Morgan fingerprint density at radius 2 is 2.19 bits per heavy atom. The van der Waals surface area contributed by atoms with Crippen LogP contribution in [0.15, 0.2) is 35.7 Å². The van der Waals surface area contributed by atoms with Crippen molar-refractivity contribution in [2.45, 2.75) is 18.9 Å². The molecule has 1 aliphatic rings. The molecule has 3 N–H and O–H groups in total. The number of hydrogen-bond donors (Lipinski definition) is 2. The van der Waals surface area contributed by atoms with Crippen LogP contribution in [0.2, 0.25) is 0 Å². The second-order valence-corrected chi connectivity index (χ2v) is 6.98. The van der Waals surface area contributed by atoms with Gasteiger partial charge in [0.05, 0.1) is 17.6 Å². The molecule has 0 radical (unpaired) electrons. The summed E-state index contributed by atoms with van der Waals surface area (Å²) in [7, 11) is 0. The van der Waals surface area contributed by atoms with E-state index in [4.69, 9.17) is 10.5 Å². The van der Waals surface area contributed by atoms with Crippen LogP contribution in [0.3, 0.4) is 0 Å². The molecule has 3 rings (SSSR count). The maximum atomic E-state index is 12.3.